The maximum absolute atomic E-state index is 15.2. The second kappa shape index (κ2) is 9.97. The van der Waals surface area contributed by atoms with Crippen LogP contribution in [0.5, 0.6) is 11.6 Å². The number of methoxy groups -OCH3 is 1. The molecule has 4 atom stereocenters. The Morgan fingerprint density at radius 3 is 2.68 bits per heavy atom. The van der Waals surface area contributed by atoms with Gasteiger partial charge in [0.05, 0.1) is 23.8 Å². The first kappa shape index (κ1) is 24.9. The van der Waals surface area contributed by atoms with Crippen molar-refractivity contribution in [2.24, 2.45) is 5.92 Å². The van der Waals surface area contributed by atoms with E-state index in [-0.39, 0.29) is 18.6 Å². The Hall–Kier alpha value is -3.73. The van der Waals surface area contributed by atoms with Crippen LogP contribution in [0.15, 0.2) is 49.1 Å². The van der Waals surface area contributed by atoms with Gasteiger partial charge in [0.2, 0.25) is 5.88 Å². The summed E-state index contributed by atoms with van der Waals surface area (Å²) in [5.41, 5.74) is 1.52. The fourth-order valence-corrected chi connectivity index (χ4v) is 4.81. The summed E-state index contributed by atoms with van der Waals surface area (Å²) in [6.07, 6.45) is 3.23. The van der Waals surface area contributed by atoms with Gasteiger partial charge in [0, 0.05) is 49.7 Å². The molecule has 3 aromatic rings. The Morgan fingerprint density at radius 2 is 2.03 bits per heavy atom. The fourth-order valence-electron chi connectivity index (χ4n) is 4.81. The van der Waals surface area contributed by atoms with Gasteiger partial charge in [-0.3, -0.25) is 0 Å². The van der Waals surface area contributed by atoms with Crippen molar-refractivity contribution in [3.8, 4) is 28.6 Å². The second-order valence-corrected chi connectivity index (χ2v) is 10.2. The highest BCUT2D eigenvalue weighted by Crippen LogP contribution is 2.42. The SMILES string of the molecule is COCOc1cc(-n2ccnc2)ccc1-c1ccc(O[C@H]2C3CC([C@@H]2F)N(C(=O)OC(C)(C)C)C3)nn1. The van der Waals surface area contributed by atoms with Crippen molar-refractivity contribution in [3.05, 3.63) is 49.1 Å². The number of aromatic nitrogens is 4. The number of benzene rings is 1. The van der Waals surface area contributed by atoms with E-state index in [1.54, 1.807) is 52.5 Å². The number of nitrogens with zero attached hydrogens (tertiary/aromatic N) is 5. The summed E-state index contributed by atoms with van der Waals surface area (Å²) in [6.45, 7) is 5.83. The number of piperidine rings is 1. The molecular weight excluding hydrogens is 481 g/mol. The number of likely N-dealkylation sites (tertiary alicyclic amines) is 1. The molecule has 37 heavy (non-hydrogen) atoms. The molecular formula is C26H30FN5O5. The van der Waals surface area contributed by atoms with Gasteiger partial charge >= 0.3 is 6.09 Å². The van der Waals surface area contributed by atoms with Crippen molar-refractivity contribution in [3.63, 3.8) is 0 Å². The van der Waals surface area contributed by atoms with Crippen molar-refractivity contribution in [2.45, 2.75) is 51.1 Å². The average Bonchev–Trinajstić information content (AvgIpc) is 3.61. The first-order chi connectivity index (χ1) is 17.7. The maximum atomic E-state index is 15.2. The standard InChI is InChI=1S/C26H30FN5O5/c1-26(2,3)37-25(33)32-13-16-11-20(32)23(27)24(16)36-22-8-7-19(29-30-22)18-6-5-17(31-10-9-28-14-31)12-21(18)35-15-34-4/h5-10,12,14,16,20,23-24H,11,13,15H2,1-4H3/t16?,20?,23-,24-/m0/s1. The number of carbonyl (C=O) groups excluding carboxylic acids is 1. The molecule has 3 heterocycles. The van der Waals surface area contributed by atoms with Gasteiger partial charge < -0.3 is 28.4 Å². The lowest BCUT2D eigenvalue weighted by Crippen LogP contribution is -2.51. The lowest BCUT2D eigenvalue weighted by molar-refractivity contribution is -0.0154. The number of fused-ring (bicyclic) bond motifs is 2. The summed E-state index contributed by atoms with van der Waals surface area (Å²) in [6, 6.07) is 8.51. The van der Waals surface area contributed by atoms with Crippen LogP contribution in [0.25, 0.3) is 16.9 Å². The number of alkyl halides is 1. The maximum Gasteiger partial charge on any atom is 0.410 e. The number of imidazole rings is 1. The summed E-state index contributed by atoms with van der Waals surface area (Å²) in [7, 11) is 1.55. The minimum atomic E-state index is -1.34. The molecule has 1 saturated carbocycles. The Morgan fingerprint density at radius 1 is 1.19 bits per heavy atom. The Bertz CT molecular complexity index is 1230. The number of hydrogen-bond donors (Lipinski definition) is 0. The molecule has 2 aromatic heterocycles. The molecule has 1 aliphatic heterocycles. The van der Waals surface area contributed by atoms with Crippen LogP contribution < -0.4 is 9.47 Å². The number of rotatable bonds is 7. The van der Waals surface area contributed by atoms with Crippen molar-refractivity contribution in [1.82, 2.24) is 24.6 Å². The van der Waals surface area contributed by atoms with Gasteiger partial charge in [0.1, 0.15) is 17.5 Å². The molecule has 0 N–H and O–H groups in total. The molecule has 1 saturated heterocycles. The van der Waals surface area contributed by atoms with Gasteiger partial charge in [-0.1, -0.05) is 0 Å². The van der Waals surface area contributed by atoms with E-state index in [2.05, 4.69) is 15.2 Å². The highest BCUT2D eigenvalue weighted by atomic mass is 19.1. The van der Waals surface area contributed by atoms with Crippen LogP contribution in [0, 0.1) is 5.92 Å². The van der Waals surface area contributed by atoms with E-state index < -0.39 is 30.0 Å². The minimum absolute atomic E-state index is 0.0669. The number of amides is 1. The quantitative estimate of drug-likeness (QED) is 0.438. The number of carbonyl (C=O) groups is 1. The van der Waals surface area contributed by atoms with Gasteiger partial charge in [-0.15, -0.1) is 10.2 Å². The predicted molar refractivity (Wildman–Crippen MR) is 131 cm³/mol. The third-order valence-corrected chi connectivity index (χ3v) is 6.42. The second-order valence-electron chi connectivity index (χ2n) is 10.2. The first-order valence-electron chi connectivity index (χ1n) is 12.1. The molecule has 1 aromatic carbocycles. The average molecular weight is 512 g/mol. The van der Waals surface area contributed by atoms with Crippen LogP contribution in [0.4, 0.5) is 9.18 Å². The fraction of sp³-hybridized carbons (Fsp3) is 0.462. The van der Waals surface area contributed by atoms with Crippen molar-refractivity contribution in [2.75, 3.05) is 20.4 Å². The number of hydrogen-bond acceptors (Lipinski definition) is 8. The van der Waals surface area contributed by atoms with Crippen LogP contribution >= 0.6 is 0 Å². The molecule has 1 amide bonds. The summed E-state index contributed by atoms with van der Waals surface area (Å²) >= 11 is 0. The Balaban J connectivity index is 1.28. The van der Waals surface area contributed by atoms with Gasteiger partial charge in [-0.2, -0.15) is 0 Å². The van der Waals surface area contributed by atoms with Gasteiger partial charge in [-0.05, 0) is 45.4 Å². The van der Waals surface area contributed by atoms with E-state index in [0.717, 1.165) is 11.3 Å². The van der Waals surface area contributed by atoms with E-state index in [4.69, 9.17) is 18.9 Å². The van der Waals surface area contributed by atoms with Gasteiger partial charge in [-0.25, -0.2) is 14.2 Å². The van der Waals surface area contributed by atoms with Crippen LogP contribution in [-0.2, 0) is 9.47 Å². The molecule has 10 nitrogen and oxygen atoms in total. The number of ether oxygens (including phenoxy) is 4. The third kappa shape index (κ3) is 5.22. The summed E-state index contributed by atoms with van der Waals surface area (Å²) < 4.78 is 39.3. The highest BCUT2D eigenvalue weighted by molar-refractivity contribution is 5.70. The highest BCUT2D eigenvalue weighted by Gasteiger charge is 2.56. The van der Waals surface area contributed by atoms with E-state index in [9.17, 15) is 4.79 Å². The number of halogens is 1. The monoisotopic (exact) mass is 511 g/mol. The van der Waals surface area contributed by atoms with E-state index in [1.807, 2.05) is 29.0 Å². The molecule has 0 radical (unpaired) electrons. The molecule has 1 aliphatic carbocycles. The zero-order valence-electron chi connectivity index (χ0n) is 21.2. The normalized spacial score (nSPS) is 22.8. The summed E-state index contributed by atoms with van der Waals surface area (Å²) in [4.78, 5) is 18.0. The first-order valence-corrected chi connectivity index (χ1v) is 12.1. The minimum Gasteiger partial charge on any atom is -0.470 e. The molecule has 2 fully saturated rings. The molecule has 2 aliphatic rings. The van der Waals surface area contributed by atoms with Crippen LogP contribution in [0.3, 0.4) is 0 Å². The molecule has 196 valence electrons. The zero-order chi connectivity index (χ0) is 26.2. The largest absolute Gasteiger partial charge is 0.470 e. The van der Waals surface area contributed by atoms with Crippen LogP contribution in [0.2, 0.25) is 0 Å². The van der Waals surface area contributed by atoms with Crippen molar-refractivity contribution >= 4 is 6.09 Å². The molecule has 2 unspecified atom stereocenters. The van der Waals surface area contributed by atoms with E-state index in [0.29, 0.717) is 24.4 Å². The van der Waals surface area contributed by atoms with Gasteiger partial charge in [0.15, 0.2) is 13.0 Å². The molecule has 11 heteroatoms. The molecule has 0 spiro atoms. The molecule has 5 rings (SSSR count). The van der Waals surface area contributed by atoms with E-state index in [1.165, 1.54) is 4.90 Å². The van der Waals surface area contributed by atoms with Crippen LogP contribution in [0.1, 0.15) is 27.2 Å². The van der Waals surface area contributed by atoms with Crippen molar-refractivity contribution in [1.29, 1.82) is 0 Å². The summed E-state index contributed by atoms with van der Waals surface area (Å²) in [5.74, 6) is 0.649. The lowest BCUT2D eigenvalue weighted by Gasteiger charge is -2.35. The third-order valence-electron chi connectivity index (χ3n) is 6.42. The smallest absolute Gasteiger partial charge is 0.410 e. The molecule has 2 bridgehead atoms. The van der Waals surface area contributed by atoms with Gasteiger partial charge in [0.25, 0.3) is 0 Å². The topological polar surface area (TPSA) is 101 Å². The Kier molecular flexibility index (Phi) is 6.72. The van der Waals surface area contributed by atoms with Crippen molar-refractivity contribution < 1.29 is 28.1 Å². The summed E-state index contributed by atoms with van der Waals surface area (Å²) in [5, 5.41) is 8.49. The zero-order valence-corrected chi connectivity index (χ0v) is 21.2. The Labute approximate surface area is 214 Å². The lowest BCUT2D eigenvalue weighted by atomic mass is 10.0. The van der Waals surface area contributed by atoms with E-state index >= 15 is 4.39 Å². The predicted octanol–water partition coefficient (Wildman–Crippen LogP) is 4.04. The van der Waals surface area contributed by atoms with Crippen LogP contribution in [-0.4, -0.2) is 75.1 Å².